The molecule has 0 radical (unpaired) electrons. The molecule has 3 aliphatic rings. The first kappa shape index (κ1) is 58.9. The Morgan fingerprint density at radius 1 is 0.413 bits per heavy atom. The van der Waals surface area contributed by atoms with E-state index in [0.29, 0.717) is 6.67 Å². The molecule has 458 valence electrons. The largest absolute Gasteiger partial charge is 0.457 e. The fraction of sp³-hybridized carbons (Fsp3) is 0.253. The minimum absolute atomic E-state index is 0.0836. The smallest absolute Gasteiger partial charge is 0.137 e. The summed E-state index contributed by atoms with van der Waals surface area (Å²) in [4.78, 5) is 10.5. The lowest BCUT2D eigenvalue weighted by atomic mass is 9.63. The van der Waals surface area contributed by atoms with Crippen LogP contribution in [0.1, 0.15) is 153 Å². The van der Waals surface area contributed by atoms with Gasteiger partial charge in [-0.05, 0) is 167 Å². The molecule has 0 amide bonds. The predicted molar refractivity (Wildman–Crippen MR) is 387 cm³/mol. The molecule has 2 aromatic heterocycles. The van der Waals surface area contributed by atoms with E-state index in [4.69, 9.17) is 9.72 Å². The number of nitrogens with zero attached hydrogens (tertiary/aromatic N) is 4. The first-order valence-corrected chi connectivity index (χ1v) is 33.2. The fourth-order valence-electron chi connectivity index (χ4n) is 15.5. The number of pyridine rings is 1. The highest BCUT2D eigenvalue weighted by Crippen LogP contribution is 2.59. The summed E-state index contributed by atoms with van der Waals surface area (Å²) >= 11 is 0. The van der Waals surface area contributed by atoms with Crippen LogP contribution in [0.4, 0.5) is 22.7 Å². The van der Waals surface area contributed by atoms with Crippen LogP contribution in [0.15, 0.2) is 237 Å². The third-order valence-electron chi connectivity index (χ3n) is 20.7. The molecular weight excluding hydrogens is 1120 g/mol. The SMILES string of the molecule is CC(C)(C)c1cc(C(C)(C)C)cc(C2(c3ccnc(-n4c5ccccc5c5ccc(Oc6cc(N7CN(c8c(-c9ccccc9)cc(C(C)(C)C)cc8-c8ccccc8)c8ccccc87)cc7c6C(C)(C)CCC7(C)C)cc54)c3)c3ccccc3-c3ccccc32)c1. The number of fused-ring (bicyclic) bond motifs is 8. The van der Waals surface area contributed by atoms with Crippen molar-refractivity contribution >= 4 is 44.6 Å². The summed E-state index contributed by atoms with van der Waals surface area (Å²) in [5.74, 6) is 2.53. The van der Waals surface area contributed by atoms with Gasteiger partial charge in [-0.1, -0.05) is 248 Å². The van der Waals surface area contributed by atoms with Crippen LogP contribution >= 0.6 is 0 Å². The fourth-order valence-corrected chi connectivity index (χ4v) is 15.5. The summed E-state index contributed by atoms with van der Waals surface area (Å²) in [6.45, 7) is 31.3. The van der Waals surface area contributed by atoms with Crippen LogP contribution in [0.25, 0.3) is 61.0 Å². The molecule has 0 unspecified atom stereocenters. The van der Waals surface area contributed by atoms with Gasteiger partial charge in [-0.15, -0.1) is 0 Å². The van der Waals surface area contributed by atoms with E-state index in [1.165, 1.54) is 100 Å². The van der Waals surface area contributed by atoms with Crippen LogP contribution < -0.4 is 14.5 Å². The number of aromatic nitrogens is 2. The van der Waals surface area contributed by atoms with Crippen LogP contribution in [0.5, 0.6) is 11.5 Å². The van der Waals surface area contributed by atoms with E-state index >= 15 is 0 Å². The van der Waals surface area contributed by atoms with Gasteiger partial charge >= 0.3 is 0 Å². The Hall–Kier alpha value is -9.45. The maximum atomic E-state index is 7.66. The van der Waals surface area contributed by atoms with Gasteiger partial charge in [-0.2, -0.15) is 0 Å². The molecular formula is C87H84N4O. The van der Waals surface area contributed by atoms with Crippen LogP contribution in [0.3, 0.4) is 0 Å². The Labute approximate surface area is 545 Å². The number of ether oxygens (including phenoxy) is 1. The molecule has 5 nitrogen and oxygen atoms in total. The average molecular weight is 1200 g/mol. The molecule has 0 saturated heterocycles. The van der Waals surface area contributed by atoms with E-state index in [9.17, 15) is 0 Å². The van der Waals surface area contributed by atoms with Crippen molar-refractivity contribution in [3.63, 3.8) is 0 Å². The second-order valence-electron chi connectivity index (χ2n) is 30.7. The van der Waals surface area contributed by atoms with Crippen molar-refractivity contribution in [3.05, 3.63) is 287 Å². The highest BCUT2D eigenvalue weighted by atomic mass is 16.5. The summed E-state index contributed by atoms with van der Waals surface area (Å²) in [6, 6.07) is 86.5. The molecule has 5 heteroatoms. The van der Waals surface area contributed by atoms with Gasteiger partial charge in [-0.3, -0.25) is 4.57 Å². The molecule has 92 heavy (non-hydrogen) atoms. The zero-order chi connectivity index (χ0) is 63.9. The zero-order valence-corrected chi connectivity index (χ0v) is 55.8. The number of anilines is 4. The van der Waals surface area contributed by atoms with Gasteiger partial charge in [0.15, 0.2) is 0 Å². The summed E-state index contributed by atoms with van der Waals surface area (Å²) in [6.07, 6.45) is 4.15. The maximum absolute atomic E-state index is 7.66. The van der Waals surface area contributed by atoms with Gasteiger partial charge in [0.2, 0.25) is 0 Å². The molecule has 10 aromatic carbocycles. The second kappa shape index (κ2) is 21.3. The molecule has 15 rings (SSSR count). The van der Waals surface area contributed by atoms with Crippen molar-refractivity contribution < 1.29 is 4.74 Å². The molecule has 0 N–H and O–H groups in total. The van der Waals surface area contributed by atoms with Crippen LogP contribution in [0.2, 0.25) is 0 Å². The Kier molecular flexibility index (Phi) is 13.6. The third kappa shape index (κ3) is 9.59. The summed E-state index contributed by atoms with van der Waals surface area (Å²) in [5, 5.41) is 2.31. The quantitative estimate of drug-likeness (QED) is 0.144. The number of benzene rings is 10. The van der Waals surface area contributed by atoms with E-state index in [0.717, 1.165) is 58.0 Å². The van der Waals surface area contributed by atoms with Crippen LogP contribution in [-0.2, 0) is 32.5 Å². The molecule has 3 heterocycles. The van der Waals surface area contributed by atoms with E-state index in [1.54, 1.807) is 0 Å². The molecule has 0 bridgehead atoms. The Balaban J connectivity index is 0.899. The number of rotatable bonds is 9. The number of hydrogen-bond donors (Lipinski definition) is 0. The Bertz CT molecular complexity index is 4750. The van der Waals surface area contributed by atoms with E-state index in [1.807, 2.05) is 6.20 Å². The van der Waals surface area contributed by atoms with Gasteiger partial charge in [0.25, 0.3) is 0 Å². The minimum Gasteiger partial charge on any atom is -0.457 e. The van der Waals surface area contributed by atoms with E-state index in [-0.39, 0.29) is 27.1 Å². The molecule has 0 fully saturated rings. The normalized spacial score (nSPS) is 15.5. The van der Waals surface area contributed by atoms with Gasteiger partial charge < -0.3 is 14.5 Å². The van der Waals surface area contributed by atoms with Crippen LogP contribution in [0, 0.1) is 0 Å². The molecule has 0 spiro atoms. The predicted octanol–water partition coefficient (Wildman–Crippen LogP) is 23.2. The third-order valence-corrected chi connectivity index (χ3v) is 20.7. The topological polar surface area (TPSA) is 33.5 Å². The molecule has 0 saturated carbocycles. The minimum atomic E-state index is -0.651. The van der Waals surface area contributed by atoms with Crippen molar-refractivity contribution in [1.29, 1.82) is 0 Å². The average Bonchev–Trinajstić information content (AvgIpc) is 1.50. The second-order valence-corrected chi connectivity index (χ2v) is 30.7. The van der Waals surface area contributed by atoms with E-state index in [2.05, 4.69) is 335 Å². The van der Waals surface area contributed by atoms with E-state index < -0.39 is 5.41 Å². The standard InChI is InChI=1S/C87H84N4O/c1-82(2,3)59-46-60(83(4,5)6)48-62(47-59)87(71-35-23-20-32-65(71)66-33-21-24-36-72(66)87)58-42-45-88-79(51-58)91-74-37-25-22-34-67(74)68-41-40-64(54-77(68)91)92-78-53-63(52-73-80(78)86(12,13)44-43-85(73,10)11)89-55-90(76-39-27-26-38-75(76)89)81-69(56-28-16-14-17-29-56)49-61(84(7,8)9)50-70(81)57-30-18-15-19-31-57/h14-42,45-54H,43-44,55H2,1-13H3. The number of para-hydroxylation sites is 3. The monoisotopic (exact) mass is 1200 g/mol. The van der Waals surface area contributed by atoms with Gasteiger partial charge in [0.1, 0.15) is 24.0 Å². The van der Waals surface area contributed by atoms with Crippen LogP contribution in [-0.4, -0.2) is 16.2 Å². The number of hydrogen-bond acceptors (Lipinski definition) is 4. The van der Waals surface area contributed by atoms with Gasteiger partial charge in [-0.25, -0.2) is 4.98 Å². The van der Waals surface area contributed by atoms with Crippen molar-refractivity contribution in [2.45, 2.75) is 135 Å². The lowest BCUT2D eigenvalue weighted by Gasteiger charge is -2.43. The summed E-state index contributed by atoms with van der Waals surface area (Å²) < 4.78 is 10.0. The lowest BCUT2D eigenvalue weighted by molar-refractivity contribution is 0.320. The molecule has 12 aromatic rings. The highest BCUT2D eigenvalue weighted by molar-refractivity contribution is 6.09. The Morgan fingerprint density at radius 3 is 1.54 bits per heavy atom. The maximum Gasteiger partial charge on any atom is 0.137 e. The summed E-state index contributed by atoms with van der Waals surface area (Å²) in [7, 11) is 0. The van der Waals surface area contributed by atoms with Gasteiger partial charge in [0.05, 0.1) is 33.5 Å². The van der Waals surface area contributed by atoms with Crippen molar-refractivity contribution in [1.82, 2.24) is 9.55 Å². The summed E-state index contributed by atoms with van der Waals surface area (Å²) in [5.41, 5.74) is 24.5. The lowest BCUT2D eigenvalue weighted by Crippen LogP contribution is -2.35. The van der Waals surface area contributed by atoms with Crippen molar-refractivity contribution in [2.75, 3.05) is 16.5 Å². The van der Waals surface area contributed by atoms with Gasteiger partial charge in [0, 0.05) is 51.5 Å². The first-order valence-electron chi connectivity index (χ1n) is 33.2. The highest BCUT2D eigenvalue weighted by Gasteiger charge is 2.48. The van der Waals surface area contributed by atoms with Crippen molar-refractivity contribution in [3.8, 4) is 50.7 Å². The Morgan fingerprint density at radius 2 is 0.935 bits per heavy atom. The first-order chi connectivity index (χ1) is 44.0. The molecule has 2 aliphatic carbocycles. The zero-order valence-electron chi connectivity index (χ0n) is 55.8. The molecule has 0 atom stereocenters. The molecule has 1 aliphatic heterocycles. The van der Waals surface area contributed by atoms with Crippen molar-refractivity contribution in [2.24, 2.45) is 0 Å².